The maximum Gasteiger partial charge on any atom is 0.527 e. The Kier molecular flexibility index (Phi) is 5.85. The predicted molar refractivity (Wildman–Crippen MR) is 115 cm³/mol. The van der Waals surface area contributed by atoms with Crippen LogP contribution in [0, 0.1) is 11.3 Å². The van der Waals surface area contributed by atoms with Crippen molar-refractivity contribution in [1.82, 2.24) is 10.1 Å². The number of nitrogens with zero attached hydrogens (tertiary/aromatic N) is 3. The van der Waals surface area contributed by atoms with Crippen molar-refractivity contribution in [2.75, 3.05) is 7.11 Å². The Labute approximate surface area is 184 Å². The normalized spacial score (nSPS) is 14.4. The minimum atomic E-state index is -4.18. The average Bonchev–Trinajstić information content (AvgIpc) is 3.41. The monoisotopic (exact) mass is 453 g/mol. The fraction of sp³-hybridized carbons (Fsp3) is 0.227. The van der Waals surface area contributed by atoms with Gasteiger partial charge >= 0.3 is 7.82 Å². The highest BCUT2D eigenvalue weighted by atomic mass is 31.2. The van der Waals surface area contributed by atoms with Crippen LogP contribution in [0.15, 0.2) is 47.0 Å². The molecule has 2 aromatic carbocycles. The molecule has 1 aromatic heterocycles. The molecule has 0 saturated carbocycles. The van der Waals surface area contributed by atoms with Gasteiger partial charge in [0.2, 0.25) is 5.82 Å². The van der Waals surface area contributed by atoms with Crippen LogP contribution in [0.25, 0.3) is 28.6 Å². The van der Waals surface area contributed by atoms with Crippen LogP contribution in [0.4, 0.5) is 0 Å². The summed E-state index contributed by atoms with van der Waals surface area (Å²) < 4.78 is 32.5. The van der Waals surface area contributed by atoms with Crippen LogP contribution >= 0.6 is 7.82 Å². The zero-order valence-electron chi connectivity index (χ0n) is 17.6. The quantitative estimate of drug-likeness (QED) is 0.505. The van der Waals surface area contributed by atoms with E-state index in [1.807, 2.05) is 19.9 Å². The maximum atomic E-state index is 11.8. The lowest BCUT2D eigenvalue weighted by Crippen LogP contribution is -2.06. The maximum absolute atomic E-state index is 11.8. The van der Waals surface area contributed by atoms with Crippen LogP contribution < -0.4 is 4.74 Å². The molecule has 1 aliphatic rings. The second kappa shape index (κ2) is 8.60. The van der Waals surface area contributed by atoms with Gasteiger partial charge in [-0.25, -0.2) is 4.57 Å². The van der Waals surface area contributed by atoms with E-state index in [1.54, 1.807) is 36.4 Å². The van der Waals surface area contributed by atoms with Crippen molar-refractivity contribution in [1.29, 1.82) is 5.26 Å². The third-order valence-electron chi connectivity index (χ3n) is 4.75. The van der Waals surface area contributed by atoms with E-state index >= 15 is 0 Å². The van der Waals surface area contributed by atoms with E-state index in [-0.39, 0.29) is 17.8 Å². The molecule has 1 heterocycles. The zero-order chi connectivity index (χ0) is 22.9. The largest absolute Gasteiger partial charge is 0.527 e. The molecular formula is C22H20N3O6P. The third kappa shape index (κ3) is 4.30. The summed E-state index contributed by atoms with van der Waals surface area (Å²) in [6, 6.07) is 12.6. The molecule has 10 heteroatoms. The van der Waals surface area contributed by atoms with Crippen molar-refractivity contribution in [3.8, 4) is 34.7 Å². The first-order chi connectivity index (χ1) is 15.3. The molecule has 9 nitrogen and oxygen atoms in total. The van der Waals surface area contributed by atoms with Crippen LogP contribution in [-0.2, 0) is 20.0 Å². The van der Waals surface area contributed by atoms with Crippen molar-refractivity contribution in [2.24, 2.45) is 0 Å². The molecular weight excluding hydrogens is 433 g/mol. The Bertz CT molecular complexity index is 1290. The second-order valence-corrected chi connectivity index (χ2v) is 8.74. The fourth-order valence-corrected chi connectivity index (χ4v) is 3.85. The topological polar surface area (TPSA) is 128 Å². The van der Waals surface area contributed by atoms with Crippen LogP contribution in [0.2, 0.25) is 0 Å². The molecule has 0 bridgehead atoms. The van der Waals surface area contributed by atoms with Gasteiger partial charge in [0.1, 0.15) is 17.6 Å². The minimum Gasteiger partial charge on any atom is -0.490 e. The van der Waals surface area contributed by atoms with E-state index in [0.717, 1.165) is 12.7 Å². The average molecular weight is 453 g/mol. The van der Waals surface area contributed by atoms with E-state index in [9.17, 15) is 14.7 Å². The number of phosphoric ester groups is 1. The van der Waals surface area contributed by atoms with Gasteiger partial charge in [0.15, 0.2) is 0 Å². The molecule has 0 saturated heterocycles. The number of rotatable bonds is 7. The lowest BCUT2D eigenvalue weighted by molar-refractivity contribution is 0.231. The number of ether oxygens (including phenoxy) is 1. The molecule has 1 unspecified atom stereocenters. The smallest absolute Gasteiger partial charge is 0.490 e. The first kappa shape index (κ1) is 21.8. The number of allylic oxidation sites excluding steroid dienone is 1. The summed E-state index contributed by atoms with van der Waals surface area (Å²) in [7, 11) is -3.07. The van der Waals surface area contributed by atoms with Gasteiger partial charge in [-0.05, 0) is 50.1 Å². The Morgan fingerprint density at radius 3 is 2.75 bits per heavy atom. The summed E-state index contributed by atoms with van der Waals surface area (Å²) in [5, 5.41) is 13.5. The first-order valence-electron chi connectivity index (χ1n) is 9.77. The molecule has 3 aromatic rings. The summed E-state index contributed by atoms with van der Waals surface area (Å²) in [5.41, 5.74) is 3.16. The number of hydrogen-bond acceptors (Lipinski definition) is 8. The van der Waals surface area contributed by atoms with E-state index in [2.05, 4.69) is 20.7 Å². The molecule has 32 heavy (non-hydrogen) atoms. The Balaban J connectivity index is 1.64. The second-order valence-electron chi connectivity index (χ2n) is 7.26. The standard InChI is InChI=1S/C22H20N3O6P/c1-13(2)29-19-9-7-14(11-15(19)12-23)22-24-21(25-30-22)18-6-4-5-17-16(18)8-10-20(17)31-32(26,27)28-3/h4-7,9-11,13H,8H2,1-3H3,(H,26,27). The molecule has 1 aliphatic carbocycles. The van der Waals surface area contributed by atoms with Gasteiger partial charge in [0, 0.05) is 23.8 Å². The molecule has 0 fully saturated rings. The molecule has 1 N–H and O–H groups in total. The summed E-state index contributed by atoms with van der Waals surface area (Å²) in [5.74, 6) is 1.36. The van der Waals surface area contributed by atoms with E-state index in [4.69, 9.17) is 13.8 Å². The predicted octanol–water partition coefficient (Wildman–Crippen LogP) is 4.72. The molecule has 0 amide bonds. The number of benzene rings is 2. The van der Waals surface area contributed by atoms with Gasteiger partial charge in [-0.1, -0.05) is 23.4 Å². The highest BCUT2D eigenvalue weighted by Crippen LogP contribution is 2.49. The summed E-state index contributed by atoms with van der Waals surface area (Å²) >= 11 is 0. The van der Waals surface area contributed by atoms with Crippen LogP contribution in [0.3, 0.4) is 0 Å². The first-order valence-corrected chi connectivity index (χ1v) is 11.3. The number of phosphoric acid groups is 1. The molecule has 164 valence electrons. The summed E-state index contributed by atoms with van der Waals surface area (Å²) in [6.07, 6.45) is 2.10. The van der Waals surface area contributed by atoms with Crippen LogP contribution in [0.5, 0.6) is 5.75 Å². The number of hydrogen-bond donors (Lipinski definition) is 1. The lowest BCUT2D eigenvalue weighted by Gasteiger charge is -2.13. The van der Waals surface area contributed by atoms with E-state index < -0.39 is 7.82 Å². The van der Waals surface area contributed by atoms with Gasteiger partial charge < -0.3 is 13.8 Å². The highest BCUT2D eigenvalue weighted by molar-refractivity contribution is 7.47. The molecule has 0 aliphatic heterocycles. The molecule has 0 radical (unpaired) electrons. The van der Waals surface area contributed by atoms with Gasteiger partial charge in [-0.2, -0.15) is 10.2 Å². The fourth-order valence-electron chi connectivity index (χ4n) is 3.36. The van der Waals surface area contributed by atoms with E-state index in [1.165, 1.54) is 0 Å². The van der Waals surface area contributed by atoms with Crippen molar-refractivity contribution >= 4 is 13.6 Å². The molecule has 4 rings (SSSR count). The van der Waals surface area contributed by atoms with Crippen molar-refractivity contribution in [3.05, 3.63) is 59.2 Å². The Hall–Kier alpha value is -3.44. The summed E-state index contributed by atoms with van der Waals surface area (Å²) in [6.45, 7) is 3.77. The van der Waals surface area contributed by atoms with Gasteiger partial charge in [-0.15, -0.1) is 0 Å². The van der Waals surface area contributed by atoms with Crippen LogP contribution in [0.1, 0.15) is 30.5 Å². The SMILES string of the molecule is COP(=O)(O)OC1=CCc2c1cccc2-c1noc(-c2ccc(OC(C)C)c(C#N)c2)n1. The van der Waals surface area contributed by atoms with Crippen molar-refractivity contribution < 1.29 is 27.8 Å². The number of aromatic nitrogens is 2. The van der Waals surface area contributed by atoms with Gasteiger partial charge in [0.25, 0.3) is 5.89 Å². The van der Waals surface area contributed by atoms with Crippen molar-refractivity contribution in [3.63, 3.8) is 0 Å². The zero-order valence-corrected chi connectivity index (χ0v) is 18.5. The number of nitriles is 1. The van der Waals surface area contributed by atoms with E-state index in [0.29, 0.717) is 40.2 Å². The molecule has 1 atom stereocenters. The Morgan fingerprint density at radius 2 is 2.03 bits per heavy atom. The Morgan fingerprint density at radius 1 is 1.25 bits per heavy atom. The van der Waals surface area contributed by atoms with Crippen LogP contribution in [-0.4, -0.2) is 28.2 Å². The van der Waals surface area contributed by atoms with Crippen molar-refractivity contribution in [2.45, 2.75) is 26.4 Å². The van der Waals surface area contributed by atoms with Gasteiger partial charge in [0.05, 0.1) is 11.7 Å². The van der Waals surface area contributed by atoms with Gasteiger partial charge in [-0.3, -0.25) is 9.42 Å². The minimum absolute atomic E-state index is 0.0609. The number of fused-ring (bicyclic) bond motifs is 1. The third-order valence-corrected chi connectivity index (χ3v) is 5.64. The lowest BCUT2D eigenvalue weighted by atomic mass is 10.0. The highest BCUT2D eigenvalue weighted by Gasteiger charge is 2.28. The summed E-state index contributed by atoms with van der Waals surface area (Å²) in [4.78, 5) is 14.1. The molecule has 0 spiro atoms.